The van der Waals surface area contributed by atoms with E-state index in [2.05, 4.69) is 10.2 Å². The second-order valence-corrected chi connectivity index (χ2v) is 5.12. The number of rotatable bonds is 3. The fourth-order valence-corrected chi connectivity index (χ4v) is 2.45. The molecule has 3 nitrogen and oxygen atoms in total. The summed E-state index contributed by atoms with van der Waals surface area (Å²) in [5, 5.41) is 8.34. The highest BCUT2D eigenvalue weighted by Crippen LogP contribution is 2.31. The first-order valence-corrected chi connectivity index (χ1v) is 6.46. The molecule has 0 bridgehead atoms. The van der Waals surface area contributed by atoms with Crippen molar-refractivity contribution in [1.29, 1.82) is 0 Å². The van der Waals surface area contributed by atoms with Crippen molar-refractivity contribution in [2.75, 3.05) is 0 Å². The van der Waals surface area contributed by atoms with E-state index >= 15 is 0 Å². The van der Waals surface area contributed by atoms with Crippen molar-refractivity contribution in [3.8, 4) is 10.6 Å². The number of hydrogen-bond donors (Lipinski definition) is 1. The monoisotopic (exact) mass is 289 g/mol. The fourth-order valence-electron chi connectivity index (χ4n) is 1.35. The Balaban J connectivity index is 2.43. The molecule has 0 aliphatic rings. The van der Waals surface area contributed by atoms with Gasteiger partial charge in [0, 0.05) is 0 Å². The van der Waals surface area contributed by atoms with Gasteiger partial charge in [0.2, 0.25) is 0 Å². The summed E-state index contributed by atoms with van der Waals surface area (Å²) in [4.78, 5) is 0. The SMILES string of the molecule is CCC(N)c1nnc(-c2cc(F)c(Cl)cc2F)s1. The van der Waals surface area contributed by atoms with Crippen LogP contribution in [0.25, 0.3) is 10.6 Å². The molecule has 2 N–H and O–H groups in total. The topological polar surface area (TPSA) is 51.8 Å². The lowest BCUT2D eigenvalue weighted by molar-refractivity contribution is 0.603. The second-order valence-electron chi connectivity index (χ2n) is 3.71. The van der Waals surface area contributed by atoms with E-state index in [1.165, 1.54) is 0 Å². The Morgan fingerprint density at radius 3 is 2.72 bits per heavy atom. The van der Waals surface area contributed by atoms with Crippen molar-refractivity contribution < 1.29 is 8.78 Å². The molecule has 0 spiro atoms. The maximum atomic E-state index is 13.7. The van der Waals surface area contributed by atoms with Gasteiger partial charge in [-0.2, -0.15) is 0 Å². The van der Waals surface area contributed by atoms with Gasteiger partial charge in [-0.05, 0) is 18.6 Å². The van der Waals surface area contributed by atoms with E-state index in [4.69, 9.17) is 17.3 Å². The molecule has 0 saturated carbocycles. The third-order valence-electron chi connectivity index (χ3n) is 2.44. The van der Waals surface area contributed by atoms with Gasteiger partial charge in [-0.3, -0.25) is 0 Å². The molecule has 1 aromatic heterocycles. The maximum Gasteiger partial charge on any atom is 0.150 e. The molecule has 96 valence electrons. The predicted octanol–water partition coefficient (Wildman–Crippen LogP) is 3.55. The molecular formula is C11H10ClF2N3S. The van der Waals surface area contributed by atoms with E-state index in [0.717, 1.165) is 23.5 Å². The van der Waals surface area contributed by atoms with Crippen molar-refractivity contribution in [3.05, 3.63) is 33.8 Å². The maximum absolute atomic E-state index is 13.7. The van der Waals surface area contributed by atoms with Crippen LogP contribution in [0.3, 0.4) is 0 Å². The standard InChI is InChI=1S/C11H10ClF2N3S/c1-2-9(15)11-17-16-10(18-11)5-3-8(14)6(12)4-7(5)13/h3-4,9H,2,15H2,1H3. The van der Waals surface area contributed by atoms with Gasteiger partial charge in [0.1, 0.15) is 16.6 Å². The lowest BCUT2D eigenvalue weighted by Crippen LogP contribution is -2.07. The van der Waals surface area contributed by atoms with Crippen LogP contribution in [-0.2, 0) is 0 Å². The van der Waals surface area contributed by atoms with Gasteiger partial charge >= 0.3 is 0 Å². The molecule has 1 aromatic carbocycles. The van der Waals surface area contributed by atoms with Gasteiger partial charge < -0.3 is 5.73 Å². The zero-order chi connectivity index (χ0) is 13.3. The van der Waals surface area contributed by atoms with Gasteiger partial charge in [-0.1, -0.05) is 29.9 Å². The number of halogens is 3. The van der Waals surface area contributed by atoms with Crippen molar-refractivity contribution in [2.24, 2.45) is 5.73 Å². The zero-order valence-electron chi connectivity index (χ0n) is 9.45. The molecule has 0 amide bonds. The minimum Gasteiger partial charge on any atom is -0.322 e. The Morgan fingerprint density at radius 2 is 2.06 bits per heavy atom. The highest BCUT2D eigenvalue weighted by atomic mass is 35.5. The quantitative estimate of drug-likeness (QED) is 0.879. The average molecular weight is 290 g/mol. The number of hydrogen-bond acceptors (Lipinski definition) is 4. The van der Waals surface area contributed by atoms with Crippen LogP contribution < -0.4 is 5.73 Å². The molecule has 1 heterocycles. The van der Waals surface area contributed by atoms with Crippen LogP contribution >= 0.6 is 22.9 Å². The average Bonchev–Trinajstić information content (AvgIpc) is 2.82. The summed E-state index contributed by atoms with van der Waals surface area (Å²) >= 11 is 6.63. The van der Waals surface area contributed by atoms with E-state index in [0.29, 0.717) is 16.4 Å². The molecule has 2 rings (SSSR count). The first-order valence-electron chi connectivity index (χ1n) is 5.26. The van der Waals surface area contributed by atoms with Crippen molar-refractivity contribution >= 4 is 22.9 Å². The lowest BCUT2D eigenvalue weighted by Gasteiger charge is -2.02. The normalized spacial score (nSPS) is 12.7. The summed E-state index contributed by atoms with van der Waals surface area (Å²) in [5.74, 6) is -1.32. The van der Waals surface area contributed by atoms with Crippen LogP contribution in [0, 0.1) is 11.6 Å². The minimum absolute atomic E-state index is 0.0453. The molecule has 0 radical (unpaired) electrons. The van der Waals surface area contributed by atoms with Crippen LogP contribution in [0.4, 0.5) is 8.78 Å². The fraction of sp³-hybridized carbons (Fsp3) is 0.273. The Labute approximate surface area is 112 Å². The molecule has 0 aliphatic carbocycles. The zero-order valence-corrected chi connectivity index (χ0v) is 11.0. The third-order valence-corrected chi connectivity index (χ3v) is 3.82. The van der Waals surface area contributed by atoms with Gasteiger partial charge in [0.15, 0.2) is 5.01 Å². The molecule has 0 saturated heterocycles. The second kappa shape index (κ2) is 5.26. The van der Waals surface area contributed by atoms with Crippen molar-refractivity contribution in [3.63, 3.8) is 0 Å². The number of aromatic nitrogens is 2. The van der Waals surface area contributed by atoms with Crippen LogP contribution in [-0.4, -0.2) is 10.2 Å². The van der Waals surface area contributed by atoms with E-state index in [1.807, 2.05) is 6.92 Å². The number of nitrogens with two attached hydrogens (primary N) is 1. The molecule has 2 aromatic rings. The molecule has 7 heteroatoms. The molecular weight excluding hydrogens is 280 g/mol. The highest BCUT2D eigenvalue weighted by molar-refractivity contribution is 7.14. The summed E-state index contributed by atoms with van der Waals surface area (Å²) in [6.45, 7) is 1.91. The summed E-state index contributed by atoms with van der Waals surface area (Å²) in [7, 11) is 0. The van der Waals surface area contributed by atoms with E-state index < -0.39 is 11.6 Å². The van der Waals surface area contributed by atoms with Crippen molar-refractivity contribution in [1.82, 2.24) is 10.2 Å². The van der Waals surface area contributed by atoms with Crippen LogP contribution in [0.2, 0.25) is 5.02 Å². The van der Waals surface area contributed by atoms with E-state index in [1.54, 1.807) is 0 Å². The van der Waals surface area contributed by atoms with Gasteiger partial charge in [0.05, 0.1) is 16.6 Å². The van der Waals surface area contributed by atoms with Gasteiger partial charge in [-0.25, -0.2) is 8.78 Å². The minimum atomic E-state index is -0.690. The molecule has 1 unspecified atom stereocenters. The van der Waals surface area contributed by atoms with Crippen molar-refractivity contribution in [2.45, 2.75) is 19.4 Å². The molecule has 1 atom stereocenters. The van der Waals surface area contributed by atoms with Crippen LogP contribution in [0.1, 0.15) is 24.4 Å². The summed E-state index contributed by atoms with van der Waals surface area (Å²) in [6.07, 6.45) is 0.700. The third kappa shape index (κ3) is 2.50. The number of benzene rings is 1. The Morgan fingerprint density at radius 1 is 1.33 bits per heavy atom. The molecule has 18 heavy (non-hydrogen) atoms. The smallest absolute Gasteiger partial charge is 0.150 e. The molecule has 0 fully saturated rings. The van der Waals surface area contributed by atoms with Crippen LogP contribution in [0.5, 0.6) is 0 Å². The summed E-state index contributed by atoms with van der Waals surface area (Å²) < 4.78 is 27.0. The Hall–Kier alpha value is -1.11. The van der Waals surface area contributed by atoms with E-state index in [-0.39, 0.29) is 16.6 Å². The molecule has 0 aliphatic heterocycles. The largest absolute Gasteiger partial charge is 0.322 e. The van der Waals surface area contributed by atoms with Crippen LogP contribution in [0.15, 0.2) is 12.1 Å². The first-order chi connectivity index (χ1) is 8.52. The Kier molecular flexibility index (Phi) is 3.89. The van der Waals surface area contributed by atoms with E-state index in [9.17, 15) is 8.78 Å². The first kappa shape index (κ1) is 13.3. The Bertz CT molecular complexity index is 573. The van der Waals surface area contributed by atoms with Gasteiger partial charge in [-0.15, -0.1) is 10.2 Å². The lowest BCUT2D eigenvalue weighted by atomic mass is 10.2. The number of nitrogens with zero attached hydrogens (tertiary/aromatic N) is 2. The summed E-state index contributed by atoms with van der Waals surface area (Å²) in [5.41, 5.74) is 5.84. The summed E-state index contributed by atoms with van der Waals surface area (Å²) in [6, 6.07) is 1.70. The highest BCUT2D eigenvalue weighted by Gasteiger charge is 2.16. The predicted molar refractivity (Wildman–Crippen MR) is 67.5 cm³/mol. The van der Waals surface area contributed by atoms with Gasteiger partial charge in [0.25, 0.3) is 0 Å².